The predicted octanol–water partition coefficient (Wildman–Crippen LogP) is 2.57. The number of imide groups is 1. The van der Waals surface area contributed by atoms with Crippen LogP contribution < -0.4 is 10.2 Å². The van der Waals surface area contributed by atoms with E-state index in [1.807, 2.05) is 24.0 Å². The monoisotopic (exact) mass is 405 g/mol. The van der Waals surface area contributed by atoms with Crippen LogP contribution in [0.3, 0.4) is 0 Å². The van der Waals surface area contributed by atoms with E-state index >= 15 is 0 Å². The first-order chi connectivity index (χ1) is 14.4. The fourth-order valence-corrected chi connectivity index (χ4v) is 6.12. The number of hydrogen-bond acceptors (Lipinski definition) is 4. The Morgan fingerprint density at radius 3 is 2.60 bits per heavy atom. The molecule has 0 unspecified atom stereocenters. The van der Waals surface area contributed by atoms with Gasteiger partial charge in [-0.3, -0.25) is 19.3 Å². The van der Waals surface area contributed by atoms with Gasteiger partial charge >= 0.3 is 0 Å². The zero-order valence-electron chi connectivity index (χ0n) is 16.4. The lowest BCUT2D eigenvalue weighted by molar-refractivity contribution is -0.135. The average Bonchev–Trinajstić information content (AvgIpc) is 3.42. The SMILES string of the molecule is Cc1ccc(N2C(=O)[C@H]3[C@H]4CCCN4[C@@]4(C(=O)Nc5ccc(F)cc54)[C@@H]3C2=O)cc1. The van der Waals surface area contributed by atoms with E-state index < -0.39 is 23.2 Å². The summed E-state index contributed by atoms with van der Waals surface area (Å²) in [6, 6.07) is 11.2. The fourth-order valence-electron chi connectivity index (χ4n) is 6.12. The van der Waals surface area contributed by atoms with Crippen molar-refractivity contribution in [3.63, 3.8) is 0 Å². The number of benzene rings is 2. The van der Waals surface area contributed by atoms with Crippen molar-refractivity contribution in [3.05, 3.63) is 59.4 Å². The maximum absolute atomic E-state index is 14.2. The summed E-state index contributed by atoms with van der Waals surface area (Å²) in [5.41, 5.74) is 1.19. The van der Waals surface area contributed by atoms with Crippen molar-refractivity contribution in [2.45, 2.75) is 31.3 Å². The van der Waals surface area contributed by atoms with Crippen molar-refractivity contribution in [1.29, 1.82) is 0 Å². The van der Waals surface area contributed by atoms with E-state index in [0.717, 1.165) is 18.4 Å². The Bertz CT molecular complexity index is 1130. The molecular weight excluding hydrogens is 385 g/mol. The number of nitrogens with zero attached hydrogens (tertiary/aromatic N) is 2. The molecule has 3 fully saturated rings. The lowest BCUT2D eigenvalue weighted by Gasteiger charge is -2.36. The first-order valence-electron chi connectivity index (χ1n) is 10.3. The molecule has 30 heavy (non-hydrogen) atoms. The minimum Gasteiger partial charge on any atom is -0.324 e. The third-order valence-electron chi connectivity index (χ3n) is 7.25. The molecule has 4 atom stereocenters. The van der Waals surface area contributed by atoms with Gasteiger partial charge < -0.3 is 5.32 Å². The molecule has 0 radical (unpaired) electrons. The molecule has 2 aromatic carbocycles. The van der Waals surface area contributed by atoms with Crippen molar-refractivity contribution in [2.75, 3.05) is 16.8 Å². The Labute approximate surface area is 172 Å². The molecule has 7 heteroatoms. The zero-order valence-corrected chi connectivity index (χ0v) is 16.4. The highest BCUT2D eigenvalue weighted by atomic mass is 19.1. The molecule has 4 aliphatic rings. The molecule has 6 nitrogen and oxygen atoms in total. The summed E-state index contributed by atoms with van der Waals surface area (Å²) in [7, 11) is 0. The number of carbonyl (C=O) groups is 3. The van der Waals surface area contributed by atoms with E-state index in [2.05, 4.69) is 5.32 Å². The zero-order chi connectivity index (χ0) is 20.8. The average molecular weight is 405 g/mol. The van der Waals surface area contributed by atoms with Crippen LogP contribution >= 0.6 is 0 Å². The van der Waals surface area contributed by atoms with Gasteiger partial charge in [0.15, 0.2) is 0 Å². The van der Waals surface area contributed by atoms with Crippen LogP contribution in [0.5, 0.6) is 0 Å². The molecule has 1 N–H and O–H groups in total. The molecule has 3 amide bonds. The molecule has 2 aromatic rings. The van der Waals surface area contributed by atoms with E-state index in [9.17, 15) is 18.8 Å². The van der Waals surface area contributed by atoms with Gasteiger partial charge in [-0.2, -0.15) is 0 Å². The number of aryl methyl sites for hydroxylation is 1. The molecule has 4 aliphatic heterocycles. The van der Waals surface area contributed by atoms with Crippen LogP contribution in [-0.2, 0) is 19.9 Å². The summed E-state index contributed by atoms with van der Waals surface area (Å²) in [5.74, 6) is -2.91. The van der Waals surface area contributed by atoms with Gasteiger partial charge in [-0.05, 0) is 56.6 Å². The van der Waals surface area contributed by atoms with E-state index in [4.69, 9.17) is 0 Å². The number of amides is 3. The van der Waals surface area contributed by atoms with Crippen LogP contribution in [0.2, 0.25) is 0 Å². The molecule has 0 bridgehead atoms. The van der Waals surface area contributed by atoms with Crippen LogP contribution in [0.4, 0.5) is 15.8 Å². The minimum absolute atomic E-state index is 0.207. The van der Waals surface area contributed by atoms with Crippen molar-refractivity contribution in [2.24, 2.45) is 11.8 Å². The van der Waals surface area contributed by atoms with Gasteiger partial charge in [-0.1, -0.05) is 17.7 Å². The minimum atomic E-state index is -1.34. The van der Waals surface area contributed by atoms with E-state index in [1.165, 1.54) is 23.1 Å². The van der Waals surface area contributed by atoms with Crippen molar-refractivity contribution in [1.82, 2.24) is 4.90 Å². The second-order valence-corrected chi connectivity index (χ2v) is 8.66. The van der Waals surface area contributed by atoms with Crippen LogP contribution in [0.15, 0.2) is 42.5 Å². The van der Waals surface area contributed by atoms with Gasteiger partial charge in [0.25, 0.3) is 0 Å². The molecule has 4 heterocycles. The summed E-state index contributed by atoms with van der Waals surface area (Å²) >= 11 is 0. The van der Waals surface area contributed by atoms with Crippen LogP contribution in [-0.4, -0.2) is 35.2 Å². The summed E-state index contributed by atoms with van der Waals surface area (Å²) in [6.45, 7) is 2.54. The van der Waals surface area contributed by atoms with Gasteiger partial charge in [0.1, 0.15) is 11.4 Å². The number of carbonyl (C=O) groups excluding carboxylic acids is 3. The molecule has 0 saturated carbocycles. The summed E-state index contributed by atoms with van der Waals surface area (Å²) in [5, 5.41) is 2.85. The number of fused-ring (bicyclic) bond motifs is 7. The third kappa shape index (κ3) is 1.94. The van der Waals surface area contributed by atoms with Gasteiger partial charge in [0, 0.05) is 17.3 Å². The number of halogens is 1. The Balaban J connectivity index is 1.56. The molecule has 3 saturated heterocycles. The van der Waals surface area contributed by atoms with Gasteiger partial charge in [-0.25, -0.2) is 9.29 Å². The summed E-state index contributed by atoms with van der Waals surface area (Å²) in [4.78, 5) is 43.9. The molecule has 152 valence electrons. The lowest BCUT2D eigenvalue weighted by atomic mass is 9.75. The number of nitrogens with one attached hydrogen (secondary N) is 1. The van der Waals surface area contributed by atoms with Crippen LogP contribution in [0.1, 0.15) is 24.0 Å². The third-order valence-corrected chi connectivity index (χ3v) is 7.25. The van der Waals surface area contributed by atoms with E-state index in [1.54, 1.807) is 12.1 Å². The first kappa shape index (κ1) is 17.8. The topological polar surface area (TPSA) is 69.7 Å². The quantitative estimate of drug-likeness (QED) is 0.741. The molecule has 6 rings (SSSR count). The fraction of sp³-hybridized carbons (Fsp3) is 0.348. The molecule has 1 spiro atoms. The first-order valence-corrected chi connectivity index (χ1v) is 10.3. The number of rotatable bonds is 1. The second-order valence-electron chi connectivity index (χ2n) is 8.66. The number of anilines is 2. The van der Waals surface area contributed by atoms with Gasteiger partial charge in [0.2, 0.25) is 17.7 Å². The Morgan fingerprint density at radius 1 is 1.07 bits per heavy atom. The van der Waals surface area contributed by atoms with Gasteiger partial charge in [-0.15, -0.1) is 0 Å². The van der Waals surface area contributed by atoms with Crippen molar-refractivity contribution < 1.29 is 18.8 Å². The lowest BCUT2D eigenvalue weighted by Crippen LogP contribution is -2.54. The van der Waals surface area contributed by atoms with E-state index in [-0.39, 0.29) is 23.8 Å². The second kappa shape index (κ2) is 5.76. The Kier molecular flexibility index (Phi) is 3.41. The maximum atomic E-state index is 14.2. The van der Waals surface area contributed by atoms with Crippen LogP contribution in [0.25, 0.3) is 0 Å². The highest BCUT2D eigenvalue weighted by molar-refractivity contribution is 6.25. The molecular formula is C23H20FN3O3. The highest BCUT2D eigenvalue weighted by Crippen LogP contribution is 2.60. The van der Waals surface area contributed by atoms with Crippen molar-refractivity contribution in [3.8, 4) is 0 Å². The number of hydrogen-bond donors (Lipinski definition) is 1. The van der Waals surface area contributed by atoms with Gasteiger partial charge in [0.05, 0.1) is 17.5 Å². The Hall–Kier alpha value is -3.06. The predicted molar refractivity (Wildman–Crippen MR) is 107 cm³/mol. The summed E-state index contributed by atoms with van der Waals surface area (Å²) < 4.78 is 14.2. The highest BCUT2D eigenvalue weighted by Gasteiger charge is 2.74. The maximum Gasteiger partial charge on any atom is 0.250 e. The smallest absolute Gasteiger partial charge is 0.250 e. The standard InChI is InChI=1S/C23H20FN3O3/c1-12-4-7-14(8-5-12)27-20(28)18-17-3-2-10-26(17)23(19(18)21(27)29)15-11-13(24)6-9-16(15)25-22(23)30/h4-9,11,17-19H,2-3,10H2,1H3,(H,25,30)/t17-,18+,19+,23-/m1/s1. The normalized spacial score (nSPS) is 32.0. The molecule has 0 aliphatic carbocycles. The van der Waals surface area contributed by atoms with Crippen LogP contribution in [0, 0.1) is 24.6 Å². The van der Waals surface area contributed by atoms with Crippen molar-refractivity contribution >= 4 is 29.1 Å². The summed E-state index contributed by atoms with van der Waals surface area (Å²) in [6.07, 6.45) is 1.57. The molecule has 0 aromatic heterocycles. The largest absolute Gasteiger partial charge is 0.324 e. The van der Waals surface area contributed by atoms with E-state index in [0.29, 0.717) is 23.5 Å². The Morgan fingerprint density at radius 2 is 1.83 bits per heavy atom.